The fraction of sp³-hybridized carbons (Fsp3) is 0.540. The van der Waals surface area contributed by atoms with Crippen LogP contribution in [-0.4, -0.2) is 54.1 Å². The minimum Gasteiger partial charge on any atom is -0.494 e. The number of pyridine rings is 1. The number of aromatic nitrogens is 3. The van der Waals surface area contributed by atoms with E-state index in [1.165, 1.54) is 207 Å². The van der Waals surface area contributed by atoms with E-state index in [0.29, 0.717) is 0 Å². The van der Waals surface area contributed by atoms with Crippen LogP contribution in [0.1, 0.15) is 182 Å². The first-order chi connectivity index (χ1) is 37.0. The Hall–Kier alpha value is -4.07. The SMILES string of the molecule is CCCCCCCCN(CCCCCCCC)c1ccc(-c2cc3sc(-c4cnc(-c5sc6cc(-c7ccc(N(CCCCCCCC)CCCCCCCC)cc7)sc6c5OC)c5nsnc45)c(OC)c3s2)cc1. The summed E-state index contributed by atoms with van der Waals surface area (Å²) >= 11 is 8.33. The lowest BCUT2D eigenvalue weighted by molar-refractivity contribution is 0.423. The molecule has 12 heteroatoms. The van der Waals surface area contributed by atoms with Crippen LogP contribution >= 0.6 is 57.1 Å². The van der Waals surface area contributed by atoms with Gasteiger partial charge in [0.1, 0.15) is 16.7 Å². The molecule has 0 saturated carbocycles. The normalized spacial score (nSPS) is 11.8. The summed E-state index contributed by atoms with van der Waals surface area (Å²) in [4.78, 5) is 15.0. The summed E-state index contributed by atoms with van der Waals surface area (Å²) in [6, 6.07) is 23.4. The van der Waals surface area contributed by atoms with Crippen molar-refractivity contribution in [2.24, 2.45) is 0 Å². The van der Waals surface area contributed by atoms with E-state index < -0.39 is 0 Å². The number of hydrogen-bond acceptors (Lipinski definition) is 12. The largest absolute Gasteiger partial charge is 0.494 e. The van der Waals surface area contributed by atoms with Gasteiger partial charge in [-0.1, -0.05) is 180 Å². The van der Waals surface area contributed by atoms with Crippen LogP contribution in [0.4, 0.5) is 11.4 Å². The lowest BCUT2D eigenvalue weighted by atomic mass is 10.1. The van der Waals surface area contributed by atoms with Crippen molar-refractivity contribution in [3.63, 3.8) is 0 Å². The fourth-order valence-corrected chi connectivity index (χ4v) is 16.3. The number of methoxy groups -OCH3 is 2. The van der Waals surface area contributed by atoms with E-state index >= 15 is 0 Å². The Labute approximate surface area is 470 Å². The molecule has 0 bridgehead atoms. The zero-order valence-corrected chi connectivity index (χ0v) is 50.3. The standard InChI is InChI=1S/C63H85N5O2S5/c1-7-11-15-19-23-27-39-67(40-28-24-20-16-12-8-2)48-35-31-46(32-36-48)51-43-53-61(71-51)58(69-5)60(73-53)50-45-64-57(56-55(50)65-75-66-56)63-59(70-6)62-54(74-63)44-52(72-62)47-33-37-49(38-34-47)68(41-29-25-21-17-13-9-3)42-30-26-22-18-14-10-4/h31-38,43-45H,7-30,39-42H2,1-6H3. The average molecular weight is 1100 g/mol. The molecular formula is C63H85N5O2S5. The Morgan fingerprint density at radius 1 is 0.427 bits per heavy atom. The lowest BCUT2D eigenvalue weighted by Crippen LogP contribution is -2.25. The molecule has 0 N–H and O–H groups in total. The molecule has 0 radical (unpaired) electrons. The van der Waals surface area contributed by atoms with E-state index in [2.05, 4.69) is 98.2 Å². The van der Waals surface area contributed by atoms with Gasteiger partial charge in [0.25, 0.3) is 0 Å². The van der Waals surface area contributed by atoms with Crippen LogP contribution < -0.4 is 19.3 Å². The van der Waals surface area contributed by atoms with Crippen LogP contribution in [0.2, 0.25) is 0 Å². The highest BCUT2D eigenvalue weighted by atomic mass is 32.1. The molecule has 2 aromatic carbocycles. The molecule has 8 rings (SSSR count). The van der Waals surface area contributed by atoms with Gasteiger partial charge in [-0.3, -0.25) is 4.98 Å². The van der Waals surface area contributed by atoms with E-state index in [1.807, 2.05) is 17.5 Å². The van der Waals surface area contributed by atoms with Gasteiger partial charge in [-0.2, -0.15) is 8.75 Å². The number of fused-ring (bicyclic) bond motifs is 3. The van der Waals surface area contributed by atoms with E-state index in [0.717, 1.165) is 79.1 Å². The van der Waals surface area contributed by atoms with Crippen LogP contribution in [0.15, 0.2) is 66.9 Å². The van der Waals surface area contributed by atoms with Crippen molar-refractivity contribution in [3.05, 3.63) is 66.9 Å². The van der Waals surface area contributed by atoms with Gasteiger partial charge in [0.2, 0.25) is 0 Å². The Kier molecular flexibility index (Phi) is 23.0. The number of hydrogen-bond donors (Lipinski definition) is 0. The number of ether oxygens (including phenoxy) is 2. The summed E-state index contributed by atoms with van der Waals surface area (Å²) in [6.45, 7) is 13.7. The van der Waals surface area contributed by atoms with Crippen LogP contribution in [-0.2, 0) is 0 Å². The summed E-state index contributed by atoms with van der Waals surface area (Å²) in [7, 11) is 3.57. The second-order valence-corrected chi connectivity index (χ2v) is 25.4. The first-order valence-corrected chi connectivity index (χ1v) is 33.0. The number of rotatable bonds is 36. The third-order valence-corrected chi connectivity index (χ3v) is 20.4. The third kappa shape index (κ3) is 14.9. The molecule has 0 spiro atoms. The van der Waals surface area contributed by atoms with Gasteiger partial charge in [0.15, 0.2) is 11.5 Å². The van der Waals surface area contributed by atoms with E-state index in [9.17, 15) is 0 Å². The molecule has 0 atom stereocenters. The van der Waals surface area contributed by atoms with E-state index in [1.54, 1.807) is 48.2 Å². The lowest BCUT2D eigenvalue weighted by Gasteiger charge is -2.25. The highest BCUT2D eigenvalue weighted by Crippen LogP contribution is 2.54. The molecule has 404 valence electrons. The minimum atomic E-state index is 0.800. The molecule has 6 aromatic heterocycles. The first-order valence-electron chi connectivity index (χ1n) is 29.0. The molecule has 0 aliphatic carbocycles. The predicted octanol–water partition coefficient (Wildman–Crippen LogP) is 21.4. The molecule has 0 amide bonds. The minimum absolute atomic E-state index is 0.800. The maximum absolute atomic E-state index is 6.25. The Morgan fingerprint density at radius 3 is 1.21 bits per heavy atom. The second kappa shape index (κ2) is 30.2. The van der Waals surface area contributed by atoms with Crippen molar-refractivity contribution in [2.45, 2.75) is 182 Å². The van der Waals surface area contributed by atoms with Gasteiger partial charge >= 0.3 is 0 Å². The summed E-state index contributed by atoms with van der Waals surface area (Å²) < 4.78 is 27.0. The topological polar surface area (TPSA) is 63.6 Å². The van der Waals surface area contributed by atoms with Crippen LogP contribution in [0, 0.1) is 0 Å². The molecular weight excluding hydrogens is 1020 g/mol. The zero-order chi connectivity index (χ0) is 52.2. The summed E-state index contributed by atoms with van der Waals surface area (Å²) in [5.41, 5.74) is 8.61. The number of nitrogens with zero attached hydrogens (tertiary/aromatic N) is 5. The smallest absolute Gasteiger partial charge is 0.156 e. The fourth-order valence-electron chi connectivity index (χ4n) is 10.6. The molecule has 0 fully saturated rings. The Morgan fingerprint density at radius 2 is 0.800 bits per heavy atom. The maximum atomic E-state index is 6.25. The molecule has 0 saturated heterocycles. The monoisotopic (exact) mass is 1100 g/mol. The molecule has 0 aliphatic heterocycles. The van der Waals surface area contributed by atoms with Crippen molar-refractivity contribution in [1.82, 2.24) is 13.7 Å². The Bertz CT molecular complexity index is 2680. The van der Waals surface area contributed by atoms with Gasteiger partial charge in [-0.15, -0.1) is 45.3 Å². The molecule has 0 unspecified atom stereocenters. The number of benzene rings is 2. The van der Waals surface area contributed by atoms with Gasteiger partial charge in [0, 0.05) is 59.1 Å². The van der Waals surface area contributed by atoms with Crippen molar-refractivity contribution >= 4 is 98.3 Å². The van der Waals surface area contributed by atoms with Crippen LogP contribution in [0.3, 0.4) is 0 Å². The molecule has 6 heterocycles. The van der Waals surface area contributed by atoms with Gasteiger partial charge in [0.05, 0.1) is 54.5 Å². The second-order valence-electron chi connectivity index (χ2n) is 20.7. The molecule has 7 nitrogen and oxygen atoms in total. The highest BCUT2D eigenvalue weighted by molar-refractivity contribution is 7.32. The van der Waals surface area contributed by atoms with Crippen molar-refractivity contribution in [1.29, 1.82) is 0 Å². The molecule has 75 heavy (non-hydrogen) atoms. The maximum Gasteiger partial charge on any atom is 0.156 e. The van der Waals surface area contributed by atoms with Crippen LogP contribution in [0.5, 0.6) is 11.5 Å². The number of thiophene rings is 4. The van der Waals surface area contributed by atoms with E-state index in [-0.39, 0.29) is 0 Å². The quantitative estimate of drug-likeness (QED) is 0.0363. The van der Waals surface area contributed by atoms with E-state index in [4.69, 9.17) is 23.2 Å². The summed E-state index contributed by atoms with van der Waals surface area (Å²) in [5.74, 6) is 1.74. The summed E-state index contributed by atoms with van der Waals surface area (Å²) in [6.07, 6.45) is 33.8. The van der Waals surface area contributed by atoms with Crippen molar-refractivity contribution < 1.29 is 9.47 Å². The molecule has 8 aromatic rings. The van der Waals surface area contributed by atoms with Gasteiger partial charge in [-0.25, -0.2) is 0 Å². The first kappa shape index (κ1) is 57.1. The van der Waals surface area contributed by atoms with Crippen molar-refractivity contribution in [3.8, 4) is 53.4 Å². The number of unbranched alkanes of at least 4 members (excludes halogenated alkanes) is 20. The molecule has 0 aliphatic rings. The van der Waals surface area contributed by atoms with Gasteiger partial charge < -0.3 is 19.3 Å². The average Bonchev–Trinajstić information content (AvgIpc) is 4.29. The third-order valence-electron chi connectivity index (χ3n) is 15.0. The predicted molar refractivity (Wildman–Crippen MR) is 335 cm³/mol. The van der Waals surface area contributed by atoms with Crippen molar-refractivity contribution in [2.75, 3.05) is 50.2 Å². The van der Waals surface area contributed by atoms with Crippen LogP contribution in [0.25, 0.3) is 71.7 Å². The Balaban J connectivity index is 0.973. The van der Waals surface area contributed by atoms with Gasteiger partial charge in [-0.05, 0) is 73.2 Å². The summed E-state index contributed by atoms with van der Waals surface area (Å²) in [5, 5.41) is 0. The number of anilines is 2. The highest BCUT2D eigenvalue weighted by Gasteiger charge is 2.27. The zero-order valence-electron chi connectivity index (χ0n) is 46.2.